The van der Waals surface area contributed by atoms with E-state index in [9.17, 15) is 14.9 Å². The van der Waals surface area contributed by atoms with Gasteiger partial charge in [0, 0.05) is 16.6 Å². The highest BCUT2D eigenvalue weighted by Crippen LogP contribution is 2.15. The van der Waals surface area contributed by atoms with Crippen molar-refractivity contribution in [3.8, 4) is 0 Å². The maximum Gasteiger partial charge on any atom is 0.338 e. The second-order valence-electron chi connectivity index (χ2n) is 6.29. The fraction of sp³-hybridized carbons (Fsp3) is 0.550. The Balaban J connectivity index is 2.18. The molecule has 0 saturated carbocycles. The van der Waals surface area contributed by atoms with Gasteiger partial charge in [-0.2, -0.15) is 0 Å². The van der Waals surface area contributed by atoms with Crippen LogP contribution in [0.1, 0.15) is 75.1 Å². The average Bonchev–Trinajstić information content (AvgIpc) is 2.64. The van der Waals surface area contributed by atoms with E-state index in [1.54, 1.807) is 0 Å². The van der Waals surface area contributed by atoms with Crippen molar-refractivity contribution in [2.45, 2.75) is 64.7 Å². The smallest absolute Gasteiger partial charge is 0.338 e. The zero-order valence-corrected chi connectivity index (χ0v) is 17.0. The summed E-state index contributed by atoms with van der Waals surface area (Å²) in [6, 6.07) is 5.39. The number of carbonyl (C=O) groups excluding carboxylic acids is 1. The fourth-order valence-corrected chi connectivity index (χ4v) is 2.88. The number of hydrogen-bond donors (Lipinski definition) is 0. The molecule has 0 saturated heterocycles. The number of rotatable bonds is 13. The SMILES string of the molecule is CCCCCCCCCC/C=C(\Br)COC(=O)c1ccc([N+](=O)[O-])cc1. The molecule has 1 rings (SSSR count). The summed E-state index contributed by atoms with van der Waals surface area (Å²) in [5.41, 5.74) is 0.256. The lowest BCUT2D eigenvalue weighted by Gasteiger charge is -2.04. The van der Waals surface area contributed by atoms with Crippen molar-refractivity contribution in [2.24, 2.45) is 0 Å². The third-order valence-corrected chi connectivity index (χ3v) is 4.63. The molecule has 5 nitrogen and oxygen atoms in total. The van der Waals surface area contributed by atoms with Crippen LogP contribution in [0.4, 0.5) is 5.69 Å². The van der Waals surface area contributed by atoms with Crippen LogP contribution in [0.5, 0.6) is 0 Å². The number of nitro groups is 1. The van der Waals surface area contributed by atoms with E-state index in [0.29, 0.717) is 5.56 Å². The van der Waals surface area contributed by atoms with E-state index < -0.39 is 10.9 Å². The topological polar surface area (TPSA) is 69.4 Å². The molecule has 0 aromatic heterocycles. The monoisotopic (exact) mass is 425 g/mol. The van der Waals surface area contributed by atoms with Gasteiger partial charge >= 0.3 is 5.97 Å². The Hall–Kier alpha value is -1.69. The molecular weight excluding hydrogens is 398 g/mol. The van der Waals surface area contributed by atoms with Crippen LogP contribution in [0.15, 0.2) is 34.8 Å². The van der Waals surface area contributed by atoms with Crippen molar-refractivity contribution in [2.75, 3.05) is 6.61 Å². The Morgan fingerprint density at radius 2 is 1.65 bits per heavy atom. The Labute approximate surface area is 164 Å². The van der Waals surface area contributed by atoms with E-state index >= 15 is 0 Å². The lowest BCUT2D eigenvalue weighted by Crippen LogP contribution is -2.06. The summed E-state index contributed by atoms with van der Waals surface area (Å²) in [5.74, 6) is -0.489. The molecule has 0 spiro atoms. The number of hydrogen-bond acceptors (Lipinski definition) is 4. The van der Waals surface area contributed by atoms with Gasteiger partial charge in [-0.15, -0.1) is 0 Å². The highest BCUT2D eigenvalue weighted by atomic mass is 79.9. The molecule has 0 aliphatic carbocycles. The predicted octanol–water partition coefficient (Wildman–Crippen LogP) is 6.56. The molecule has 0 aliphatic rings. The number of benzene rings is 1. The highest BCUT2D eigenvalue weighted by molar-refractivity contribution is 9.11. The first-order valence-corrected chi connectivity index (χ1v) is 10.1. The number of unbranched alkanes of at least 4 members (excludes halogenated alkanes) is 8. The molecule has 0 aliphatic heterocycles. The lowest BCUT2D eigenvalue weighted by atomic mass is 10.1. The largest absolute Gasteiger partial charge is 0.457 e. The van der Waals surface area contributed by atoms with E-state index in [2.05, 4.69) is 22.9 Å². The van der Waals surface area contributed by atoms with E-state index in [1.807, 2.05) is 6.08 Å². The van der Waals surface area contributed by atoms with Crippen molar-refractivity contribution in [3.05, 3.63) is 50.5 Å². The normalized spacial score (nSPS) is 11.4. The minimum Gasteiger partial charge on any atom is -0.457 e. The summed E-state index contributed by atoms with van der Waals surface area (Å²) >= 11 is 3.42. The van der Waals surface area contributed by atoms with E-state index in [4.69, 9.17) is 4.74 Å². The lowest BCUT2D eigenvalue weighted by molar-refractivity contribution is -0.384. The zero-order chi connectivity index (χ0) is 19.2. The number of nitro benzene ring substituents is 1. The van der Waals surface area contributed by atoms with Gasteiger partial charge in [0.25, 0.3) is 5.69 Å². The number of non-ortho nitro benzene ring substituents is 1. The molecule has 0 atom stereocenters. The molecule has 0 fully saturated rings. The van der Waals surface area contributed by atoms with Crippen molar-refractivity contribution >= 4 is 27.6 Å². The van der Waals surface area contributed by atoms with Crippen molar-refractivity contribution < 1.29 is 14.5 Å². The first kappa shape index (κ1) is 22.4. The molecule has 0 unspecified atom stereocenters. The van der Waals surface area contributed by atoms with Crippen molar-refractivity contribution in [1.29, 1.82) is 0 Å². The summed E-state index contributed by atoms with van der Waals surface area (Å²) in [6.45, 7) is 2.40. The Morgan fingerprint density at radius 1 is 1.08 bits per heavy atom. The van der Waals surface area contributed by atoms with Gasteiger partial charge in [-0.1, -0.05) is 73.9 Å². The van der Waals surface area contributed by atoms with Gasteiger partial charge in [-0.05, 0) is 25.0 Å². The van der Waals surface area contributed by atoms with Crippen LogP contribution in [-0.2, 0) is 4.74 Å². The van der Waals surface area contributed by atoms with Gasteiger partial charge in [-0.25, -0.2) is 4.79 Å². The molecule has 6 heteroatoms. The fourth-order valence-electron chi connectivity index (χ4n) is 2.53. The minimum atomic E-state index is -0.500. The number of nitrogens with zero attached hydrogens (tertiary/aromatic N) is 1. The van der Waals surface area contributed by atoms with Gasteiger partial charge in [0.15, 0.2) is 0 Å². The summed E-state index contributed by atoms with van der Waals surface area (Å²) in [5, 5.41) is 10.6. The van der Waals surface area contributed by atoms with Gasteiger partial charge in [-0.3, -0.25) is 10.1 Å². The first-order valence-electron chi connectivity index (χ1n) is 9.30. The van der Waals surface area contributed by atoms with Gasteiger partial charge in [0.2, 0.25) is 0 Å². The average molecular weight is 426 g/mol. The van der Waals surface area contributed by atoms with Gasteiger partial charge in [0.1, 0.15) is 6.61 Å². The maximum atomic E-state index is 11.9. The van der Waals surface area contributed by atoms with Gasteiger partial charge in [0.05, 0.1) is 10.5 Å². The molecular formula is C20H28BrNO4. The Kier molecular flexibility index (Phi) is 11.6. The van der Waals surface area contributed by atoms with Crippen LogP contribution >= 0.6 is 15.9 Å². The predicted molar refractivity (Wildman–Crippen MR) is 108 cm³/mol. The summed E-state index contributed by atoms with van der Waals surface area (Å²) < 4.78 is 6.04. The van der Waals surface area contributed by atoms with Crippen LogP contribution in [-0.4, -0.2) is 17.5 Å². The summed E-state index contributed by atoms with van der Waals surface area (Å²) in [6.07, 6.45) is 13.3. The van der Waals surface area contributed by atoms with Crippen LogP contribution in [0, 0.1) is 10.1 Å². The minimum absolute atomic E-state index is 0.0482. The Bertz CT molecular complexity index is 584. The zero-order valence-electron chi connectivity index (χ0n) is 15.4. The molecule has 26 heavy (non-hydrogen) atoms. The van der Waals surface area contributed by atoms with Crippen LogP contribution in [0.25, 0.3) is 0 Å². The number of ether oxygens (including phenoxy) is 1. The molecule has 0 bridgehead atoms. The number of allylic oxidation sites excluding steroid dienone is 1. The van der Waals surface area contributed by atoms with Gasteiger partial charge < -0.3 is 4.74 Å². The van der Waals surface area contributed by atoms with E-state index in [-0.39, 0.29) is 12.3 Å². The highest BCUT2D eigenvalue weighted by Gasteiger charge is 2.10. The second kappa shape index (κ2) is 13.5. The molecule has 0 heterocycles. The van der Waals surface area contributed by atoms with Crippen LogP contribution in [0.2, 0.25) is 0 Å². The van der Waals surface area contributed by atoms with Crippen LogP contribution < -0.4 is 0 Å². The molecule has 0 radical (unpaired) electrons. The number of esters is 1. The molecule has 0 amide bonds. The quantitative estimate of drug-likeness (QED) is 0.155. The van der Waals surface area contributed by atoms with E-state index in [0.717, 1.165) is 17.3 Å². The van der Waals surface area contributed by atoms with Crippen molar-refractivity contribution in [3.63, 3.8) is 0 Å². The Morgan fingerprint density at radius 3 is 2.23 bits per heavy atom. The molecule has 1 aromatic rings. The summed E-state index contributed by atoms with van der Waals surface area (Å²) in [4.78, 5) is 22.0. The molecule has 1 aromatic carbocycles. The maximum absolute atomic E-state index is 11.9. The molecule has 0 N–H and O–H groups in total. The van der Waals surface area contributed by atoms with Crippen LogP contribution in [0.3, 0.4) is 0 Å². The standard InChI is InChI=1S/C20H28BrNO4/c1-2-3-4-5-6-7-8-9-10-11-18(21)16-26-20(23)17-12-14-19(15-13-17)22(24)25/h11-15H,2-10,16H2,1H3/b18-11-. The first-order chi connectivity index (χ1) is 12.5. The third kappa shape index (κ3) is 9.70. The number of carbonyl (C=O) groups is 1. The number of halogens is 1. The van der Waals surface area contributed by atoms with Crippen molar-refractivity contribution in [1.82, 2.24) is 0 Å². The third-order valence-electron chi connectivity index (χ3n) is 4.08. The molecule has 144 valence electrons. The summed E-state index contributed by atoms with van der Waals surface area (Å²) in [7, 11) is 0. The van der Waals surface area contributed by atoms with E-state index in [1.165, 1.54) is 69.2 Å². The second-order valence-corrected chi connectivity index (χ2v) is 7.31.